The molecule has 0 unspecified atom stereocenters. The zero-order valence-corrected chi connectivity index (χ0v) is 16.0. The molecular formula is C21H25N3O4. The number of pyridine rings is 1. The van der Waals surface area contributed by atoms with Gasteiger partial charge in [-0.15, -0.1) is 0 Å². The first-order valence-corrected chi connectivity index (χ1v) is 9.48. The summed E-state index contributed by atoms with van der Waals surface area (Å²) in [5.74, 6) is 0.165. The zero-order chi connectivity index (χ0) is 19.9. The fourth-order valence-corrected chi connectivity index (χ4v) is 3.22. The van der Waals surface area contributed by atoms with Crippen molar-refractivity contribution < 1.29 is 19.4 Å². The molecule has 7 nitrogen and oxygen atoms in total. The van der Waals surface area contributed by atoms with E-state index in [1.54, 1.807) is 37.5 Å². The van der Waals surface area contributed by atoms with Crippen molar-refractivity contribution in [2.24, 2.45) is 0 Å². The molecule has 0 aliphatic carbocycles. The van der Waals surface area contributed by atoms with Gasteiger partial charge in [0.1, 0.15) is 11.6 Å². The van der Waals surface area contributed by atoms with E-state index in [4.69, 9.17) is 9.84 Å². The van der Waals surface area contributed by atoms with Crippen molar-refractivity contribution >= 4 is 23.4 Å². The van der Waals surface area contributed by atoms with E-state index in [0.29, 0.717) is 17.0 Å². The van der Waals surface area contributed by atoms with Crippen LogP contribution in [-0.2, 0) is 4.79 Å². The molecule has 0 saturated carbocycles. The van der Waals surface area contributed by atoms with Crippen molar-refractivity contribution in [2.75, 3.05) is 36.5 Å². The molecule has 1 fully saturated rings. The summed E-state index contributed by atoms with van der Waals surface area (Å²) in [7, 11) is 1.69. The van der Waals surface area contributed by atoms with Crippen LogP contribution in [0.15, 0.2) is 42.6 Å². The Balaban J connectivity index is 1.64. The molecule has 1 aliphatic heterocycles. The molecule has 0 bridgehead atoms. The third-order valence-corrected chi connectivity index (χ3v) is 4.82. The number of carbonyl (C=O) groups is 2. The number of nitrogens with zero attached hydrogens (tertiary/aromatic N) is 3. The Morgan fingerprint density at radius 3 is 2.32 bits per heavy atom. The van der Waals surface area contributed by atoms with Crippen LogP contribution in [0.2, 0.25) is 0 Å². The quantitative estimate of drug-likeness (QED) is 0.825. The second kappa shape index (κ2) is 9.21. The maximum absolute atomic E-state index is 12.8. The lowest BCUT2D eigenvalue weighted by molar-refractivity contribution is -0.139. The topological polar surface area (TPSA) is 83.0 Å². The average molecular weight is 383 g/mol. The second-order valence-corrected chi connectivity index (χ2v) is 6.85. The Morgan fingerprint density at radius 2 is 1.75 bits per heavy atom. The van der Waals surface area contributed by atoms with Crippen molar-refractivity contribution in [3.05, 3.63) is 48.2 Å². The van der Waals surface area contributed by atoms with Gasteiger partial charge in [-0.3, -0.25) is 4.79 Å². The highest BCUT2D eigenvalue weighted by atomic mass is 16.5. The van der Waals surface area contributed by atoms with Gasteiger partial charge in [-0.05, 0) is 49.2 Å². The molecule has 0 atom stereocenters. The van der Waals surface area contributed by atoms with Crippen LogP contribution in [0.4, 0.5) is 11.5 Å². The van der Waals surface area contributed by atoms with Gasteiger partial charge in [0.2, 0.25) is 0 Å². The number of aromatic nitrogens is 1. The van der Waals surface area contributed by atoms with Gasteiger partial charge in [-0.25, -0.2) is 9.78 Å². The SMILES string of the molecule is CN(C(=O)c1ccc(N2CCCCCC2)nc1)c1ccc(OCC(=O)O)cc1. The summed E-state index contributed by atoms with van der Waals surface area (Å²) >= 11 is 0. The lowest BCUT2D eigenvalue weighted by Gasteiger charge is -2.22. The number of carbonyl (C=O) groups excluding carboxylic acids is 1. The van der Waals surface area contributed by atoms with Crippen LogP contribution in [0.5, 0.6) is 5.75 Å². The molecule has 1 aromatic carbocycles. The van der Waals surface area contributed by atoms with E-state index in [0.717, 1.165) is 18.9 Å². The normalized spacial score (nSPS) is 14.2. The standard InChI is InChI=1S/C21H25N3O4/c1-23(17-7-9-18(10-8-17)28-15-20(25)26)21(27)16-6-11-19(22-14-16)24-12-4-2-3-5-13-24/h6-11,14H,2-5,12-13,15H2,1H3,(H,25,26). The summed E-state index contributed by atoms with van der Waals surface area (Å²) in [6.07, 6.45) is 6.51. The fraction of sp³-hybridized carbons (Fsp3) is 0.381. The van der Waals surface area contributed by atoms with Crippen LogP contribution in [0.25, 0.3) is 0 Å². The summed E-state index contributed by atoms with van der Waals surface area (Å²) < 4.78 is 5.11. The maximum Gasteiger partial charge on any atom is 0.341 e. The number of amides is 1. The fourth-order valence-electron chi connectivity index (χ4n) is 3.22. The van der Waals surface area contributed by atoms with Gasteiger partial charge in [0, 0.05) is 32.0 Å². The molecule has 0 spiro atoms. The van der Waals surface area contributed by atoms with Crippen molar-refractivity contribution in [1.29, 1.82) is 0 Å². The summed E-state index contributed by atoms with van der Waals surface area (Å²) in [4.78, 5) is 31.6. The van der Waals surface area contributed by atoms with Gasteiger partial charge in [-0.1, -0.05) is 12.8 Å². The van der Waals surface area contributed by atoms with E-state index in [1.807, 2.05) is 12.1 Å². The van der Waals surface area contributed by atoms with Gasteiger partial charge in [0.15, 0.2) is 6.61 Å². The van der Waals surface area contributed by atoms with E-state index in [1.165, 1.54) is 30.6 Å². The van der Waals surface area contributed by atoms with E-state index in [2.05, 4.69) is 9.88 Å². The summed E-state index contributed by atoms with van der Waals surface area (Å²) in [6, 6.07) is 10.4. The van der Waals surface area contributed by atoms with Gasteiger partial charge in [0.05, 0.1) is 5.56 Å². The molecule has 1 aliphatic rings. The van der Waals surface area contributed by atoms with E-state index < -0.39 is 12.6 Å². The molecule has 7 heteroatoms. The Hall–Kier alpha value is -3.09. The highest BCUT2D eigenvalue weighted by Gasteiger charge is 2.16. The predicted molar refractivity (Wildman–Crippen MR) is 107 cm³/mol. The molecule has 148 valence electrons. The lowest BCUT2D eigenvalue weighted by atomic mass is 10.2. The van der Waals surface area contributed by atoms with Crippen LogP contribution in [0, 0.1) is 0 Å². The van der Waals surface area contributed by atoms with Crippen LogP contribution in [0.3, 0.4) is 0 Å². The average Bonchev–Trinajstić information content (AvgIpc) is 3.01. The molecule has 1 N–H and O–H groups in total. The van der Waals surface area contributed by atoms with Gasteiger partial charge in [0.25, 0.3) is 5.91 Å². The molecule has 28 heavy (non-hydrogen) atoms. The zero-order valence-electron chi connectivity index (χ0n) is 16.0. The minimum Gasteiger partial charge on any atom is -0.482 e. The Bertz CT molecular complexity index is 797. The number of rotatable bonds is 6. The molecule has 0 radical (unpaired) electrons. The molecule has 2 aromatic rings. The van der Waals surface area contributed by atoms with E-state index in [-0.39, 0.29) is 5.91 Å². The van der Waals surface area contributed by atoms with E-state index >= 15 is 0 Å². The Morgan fingerprint density at radius 1 is 1.07 bits per heavy atom. The number of hydrogen-bond donors (Lipinski definition) is 1. The Labute approximate surface area is 164 Å². The first-order valence-electron chi connectivity index (χ1n) is 9.48. The molecular weight excluding hydrogens is 358 g/mol. The molecule has 3 rings (SSSR count). The van der Waals surface area contributed by atoms with Crippen molar-refractivity contribution in [2.45, 2.75) is 25.7 Å². The van der Waals surface area contributed by atoms with Crippen molar-refractivity contribution in [3.8, 4) is 5.75 Å². The number of benzene rings is 1. The molecule has 1 aromatic heterocycles. The summed E-state index contributed by atoms with van der Waals surface area (Å²) in [5, 5.41) is 8.65. The number of carboxylic acid groups (broad SMARTS) is 1. The first-order chi connectivity index (χ1) is 13.5. The largest absolute Gasteiger partial charge is 0.482 e. The molecule has 2 heterocycles. The van der Waals surface area contributed by atoms with Crippen LogP contribution in [0.1, 0.15) is 36.0 Å². The Kier molecular flexibility index (Phi) is 6.47. The van der Waals surface area contributed by atoms with Crippen molar-refractivity contribution in [1.82, 2.24) is 4.98 Å². The highest BCUT2D eigenvalue weighted by Crippen LogP contribution is 2.21. The first kappa shape index (κ1) is 19.7. The van der Waals surface area contributed by atoms with E-state index in [9.17, 15) is 9.59 Å². The maximum atomic E-state index is 12.8. The van der Waals surface area contributed by atoms with Crippen LogP contribution in [-0.4, -0.2) is 48.7 Å². The molecule has 1 amide bonds. The number of anilines is 2. The smallest absolute Gasteiger partial charge is 0.341 e. The number of hydrogen-bond acceptors (Lipinski definition) is 5. The lowest BCUT2D eigenvalue weighted by Crippen LogP contribution is -2.27. The van der Waals surface area contributed by atoms with Crippen molar-refractivity contribution in [3.63, 3.8) is 0 Å². The third-order valence-electron chi connectivity index (χ3n) is 4.82. The predicted octanol–water partition coefficient (Wildman–Crippen LogP) is 3.20. The van der Waals surface area contributed by atoms with Crippen LogP contribution < -0.4 is 14.5 Å². The van der Waals surface area contributed by atoms with Gasteiger partial charge in [-0.2, -0.15) is 0 Å². The number of carboxylic acids is 1. The molecule has 1 saturated heterocycles. The number of aliphatic carboxylic acids is 1. The van der Waals surface area contributed by atoms with Gasteiger partial charge >= 0.3 is 5.97 Å². The minimum absolute atomic E-state index is 0.158. The highest BCUT2D eigenvalue weighted by molar-refractivity contribution is 6.05. The van der Waals surface area contributed by atoms with Gasteiger partial charge < -0.3 is 19.6 Å². The third kappa shape index (κ3) is 5.00. The second-order valence-electron chi connectivity index (χ2n) is 6.85. The monoisotopic (exact) mass is 383 g/mol. The summed E-state index contributed by atoms with van der Waals surface area (Å²) in [6.45, 7) is 1.62. The minimum atomic E-state index is -1.03. The van der Waals surface area contributed by atoms with Crippen LogP contribution >= 0.6 is 0 Å². The number of ether oxygens (including phenoxy) is 1. The summed E-state index contributed by atoms with van der Waals surface area (Å²) in [5.41, 5.74) is 1.21.